The van der Waals surface area contributed by atoms with Crippen molar-refractivity contribution in [3.05, 3.63) is 42.5 Å². The van der Waals surface area contributed by atoms with Gasteiger partial charge in [0.05, 0.1) is 6.54 Å². The van der Waals surface area contributed by atoms with Crippen LogP contribution in [0, 0.1) is 0 Å². The van der Waals surface area contributed by atoms with Crippen molar-refractivity contribution in [2.45, 2.75) is 25.8 Å². The number of anilines is 1. The van der Waals surface area contributed by atoms with Gasteiger partial charge in [-0.3, -0.25) is 9.59 Å². The Labute approximate surface area is 142 Å². The van der Waals surface area contributed by atoms with Gasteiger partial charge in [0.25, 0.3) is 0 Å². The largest absolute Gasteiger partial charge is 0.376 e. The highest BCUT2D eigenvalue weighted by atomic mass is 16.2. The van der Waals surface area contributed by atoms with E-state index in [1.165, 1.54) is 5.39 Å². The first-order valence-corrected chi connectivity index (χ1v) is 8.39. The van der Waals surface area contributed by atoms with Crippen molar-refractivity contribution >= 4 is 28.3 Å². The Kier molecular flexibility index (Phi) is 4.99. The van der Waals surface area contributed by atoms with Crippen LogP contribution < -0.4 is 10.6 Å². The van der Waals surface area contributed by atoms with Gasteiger partial charge < -0.3 is 15.5 Å². The highest BCUT2D eigenvalue weighted by molar-refractivity contribution is 5.87. The van der Waals surface area contributed by atoms with E-state index in [0.29, 0.717) is 0 Å². The molecule has 0 saturated carbocycles. The highest BCUT2D eigenvalue weighted by Gasteiger charge is 2.21. The topological polar surface area (TPSA) is 61.4 Å². The van der Waals surface area contributed by atoms with Gasteiger partial charge in [-0.25, -0.2) is 0 Å². The van der Waals surface area contributed by atoms with Crippen LogP contribution in [0.5, 0.6) is 0 Å². The molecular formula is C19H23N3O2. The van der Waals surface area contributed by atoms with Crippen molar-refractivity contribution < 1.29 is 9.59 Å². The normalized spacial score (nSPS) is 15.3. The Hall–Kier alpha value is -2.56. The molecule has 0 bridgehead atoms. The summed E-state index contributed by atoms with van der Waals surface area (Å²) >= 11 is 0. The Morgan fingerprint density at radius 1 is 1.08 bits per heavy atom. The van der Waals surface area contributed by atoms with Gasteiger partial charge >= 0.3 is 0 Å². The number of nitrogens with one attached hydrogen (secondary N) is 2. The number of hydrogen-bond acceptors (Lipinski definition) is 3. The second-order valence-electron chi connectivity index (χ2n) is 6.26. The molecule has 0 atom stereocenters. The maximum atomic E-state index is 12.1. The molecule has 126 valence electrons. The van der Waals surface area contributed by atoms with Crippen LogP contribution in [0.25, 0.3) is 10.8 Å². The molecule has 2 amide bonds. The first kappa shape index (κ1) is 16.3. The molecule has 0 spiro atoms. The number of benzene rings is 2. The van der Waals surface area contributed by atoms with Crippen molar-refractivity contribution in [3.63, 3.8) is 0 Å². The van der Waals surface area contributed by atoms with Crippen LogP contribution in [0.15, 0.2) is 42.5 Å². The van der Waals surface area contributed by atoms with Crippen LogP contribution in [0.3, 0.4) is 0 Å². The fraction of sp³-hybridized carbons (Fsp3) is 0.368. The lowest BCUT2D eigenvalue weighted by Crippen LogP contribution is -2.47. The van der Waals surface area contributed by atoms with E-state index in [9.17, 15) is 9.59 Å². The first-order valence-electron chi connectivity index (χ1n) is 8.39. The summed E-state index contributed by atoms with van der Waals surface area (Å²) in [6.45, 7) is 3.29. The SMILES string of the molecule is CC(=O)N1CCC(NC(=O)CNc2ccc3ccccc3c2)CC1. The summed E-state index contributed by atoms with van der Waals surface area (Å²) in [5.74, 6) is 0.0992. The number of likely N-dealkylation sites (tertiary alicyclic amines) is 1. The number of rotatable bonds is 4. The van der Waals surface area contributed by atoms with Gasteiger partial charge in [0, 0.05) is 31.7 Å². The van der Waals surface area contributed by atoms with Gasteiger partial charge in [0.2, 0.25) is 11.8 Å². The molecule has 2 N–H and O–H groups in total. The smallest absolute Gasteiger partial charge is 0.239 e. The molecule has 1 saturated heterocycles. The maximum Gasteiger partial charge on any atom is 0.239 e. The van der Waals surface area contributed by atoms with E-state index >= 15 is 0 Å². The van der Waals surface area contributed by atoms with Gasteiger partial charge in [-0.15, -0.1) is 0 Å². The summed E-state index contributed by atoms with van der Waals surface area (Å²) in [6.07, 6.45) is 1.64. The summed E-state index contributed by atoms with van der Waals surface area (Å²) < 4.78 is 0. The molecule has 1 fully saturated rings. The molecule has 2 aromatic carbocycles. The van der Waals surface area contributed by atoms with Gasteiger partial charge in [0.1, 0.15) is 0 Å². The van der Waals surface area contributed by atoms with Crippen LogP contribution >= 0.6 is 0 Å². The monoisotopic (exact) mass is 325 g/mol. The molecule has 5 heteroatoms. The van der Waals surface area contributed by atoms with Crippen molar-refractivity contribution in [1.29, 1.82) is 0 Å². The van der Waals surface area contributed by atoms with Crippen molar-refractivity contribution in [2.24, 2.45) is 0 Å². The number of amides is 2. The molecule has 0 unspecified atom stereocenters. The van der Waals surface area contributed by atoms with Gasteiger partial charge in [-0.2, -0.15) is 0 Å². The zero-order valence-electron chi connectivity index (χ0n) is 13.9. The summed E-state index contributed by atoms with van der Waals surface area (Å²) in [5.41, 5.74) is 0.940. The lowest BCUT2D eigenvalue weighted by molar-refractivity contribution is -0.130. The number of piperidine rings is 1. The van der Waals surface area contributed by atoms with Crippen molar-refractivity contribution in [1.82, 2.24) is 10.2 Å². The van der Waals surface area contributed by atoms with E-state index in [1.54, 1.807) is 6.92 Å². The van der Waals surface area contributed by atoms with Crippen LogP contribution in [0.4, 0.5) is 5.69 Å². The van der Waals surface area contributed by atoms with E-state index in [4.69, 9.17) is 0 Å². The molecule has 1 aliphatic rings. The molecule has 5 nitrogen and oxygen atoms in total. The predicted octanol–water partition coefficient (Wildman–Crippen LogP) is 2.38. The van der Waals surface area contributed by atoms with Crippen molar-refractivity contribution in [3.8, 4) is 0 Å². The molecular weight excluding hydrogens is 302 g/mol. The van der Waals surface area contributed by atoms with E-state index < -0.39 is 0 Å². The number of hydrogen-bond donors (Lipinski definition) is 2. The lowest BCUT2D eigenvalue weighted by Gasteiger charge is -2.31. The second kappa shape index (κ2) is 7.34. The average Bonchev–Trinajstić information content (AvgIpc) is 2.60. The number of nitrogens with zero attached hydrogens (tertiary/aromatic N) is 1. The lowest BCUT2D eigenvalue weighted by atomic mass is 10.1. The maximum absolute atomic E-state index is 12.1. The van der Waals surface area contributed by atoms with Gasteiger partial charge in [0.15, 0.2) is 0 Å². The Balaban J connectivity index is 1.47. The number of carbonyl (C=O) groups is 2. The number of carbonyl (C=O) groups excluding carboxylic acids is 2. The van der Waals surface area contributed by atoms with E-state index in [-0.39, 0.29) is 24.4 Å². The van der Waals surface area contributed by atoms with Gasteiger partial charge in [-0.1, -0.05) is 30.3 Å². The fourth-order valence-electron chi connectivity index (χ4n) is 3.10. The van der Waals surface area contributed by atoms with Crippen LogP contribution in [0.2, 0.25) is 0 Å². The Morgan fingerprint density at radius 3 is 2.50 bits per heavy atom. The molecule has 1 heterocycles. The van der Waals surface area contributed by atoms with Crippen molar-refractivity contribution in [2.75, 3.05) is 25.0 Å². The molecule has 0 aliphatic carbocycles. The quantitative estimate of drug-likeness (QED) is 0.907. The zero-order chi connectivity index (χ0) is 16.9. The van der Waals surface area contributed by atoms with E-state index in [0.717, 1.165) is 37.0 Å². The molecule has 0 aromatic heterocycles. The van der Waals surface area contributed by atoms with Crippen LogP contribution in [-0.2, 0) is 9.59 Å². The third-order valence-corrected chi connectivity index (χ3v) is 4.51. The third-order valence-electron chi connectivity index (χ3n) is 4.51. The standard InChI is InChI=1S/C19H23N3O2/c1-14(23)22-10-8-17(9-11-22)21-19(24)13-20-18-7-6-15-4-2-3-5-16(15)12-18/h2-7,12,17,20H,8-11,13H2,1H3,(H,21,24). The highest BCUT2D eigenvalue weighted by Crippen LogP contribution is 2.18. The molecule has 3 rings (SSSR count). The van der Waals surface area contributed by atoms with Crippen LogP contribution in [0.1, 0.15) is 19.8 Å². The predicted molar refractivity (Wildman–Crippen MR) is 95.9 cm³/mol. The van der Waals surface area contributed by atoms with Crippen LogP contribution in [-0.4, -0.2) is 42.4 Å². The molecule has 1 aliphatic heterocycles. The Morgan fingerprint density at radius 2 is 1.79 bits per heavy atom. The van der Waals surface area contributed by atoms with E-state index in [2.05, 4.69) is 22.8 Å². The molecule has 24 heavy (non-hydrogen) atoms. The molecule has 0 radical (unpaired) electrons. The van der Waals surface area contributed by atoms with Gasteiger partial charge in [-0.05, 0) is 35.7 Å². The number of fused-ring (bicyclic) bond motifs is 1. The molecule has 2 aromatic rings. The summed E-state index contributed by atoms with van der Waals surface area (Å²) in [4.78, 5) is 25.2. The minimum absolute atomic E-state index is 0.00978. The Bertz CT molecular complexity index is 736. The minimum Gasteiger partial charge on any atom is -0.376 e. The minimum atomic E-state index is -0.00978. The third kappa shape index (κ3) is 4.04. The summed E-state index contributed by atoms with van der Waals surface area (Å²) in [6, 6.07) is 14.4. The van der Waals surface area contributed by atoms with E-state index in [1.807, 2.05) is 35.2 Å². The first-order chi connectivity index (χ1) is 11.6. The zero-order valence-corrected chi connectivity index (χ0v) is 13.9. The fourth-order valence-corrected chi connectivity index (χ4v) is 3.10. The second-order valence-corrected chi connectivity index (χ2v) is 6.26. The summed E-state index contributed by atoms with van der Waals surface area (Å²) in [7, 11) is 0. The summed E-state index contributed by atoms with van der Waals surface area (Å²) in [5, 5.41) is 8.56. The average molecular weight is 325 g/mol.